The van der Waals surface area contributed by atoms with Gasteiger partial charge < -0.3 is 14.2 Å². The molecule has 0 aromatic heterocycles. The monoisotopic (exact) mass is 479 g/mol. The summed E-state index contributed by atoms with van der Waals surface area (Å²) >= 11 is 6.81. The fourth-order valence-corrected chi connectivity index (χ4v) is 4.71. The minimum atomic E-state index is -0.487. The van der Waals surface area contributed by atoms with Crippen molar-refractivity contribution in [2.75, 3.05) is 25.2 Å². The van der Waals surface area contributed by atoms with Crippen molar-refractivity contribution < 1.29 is 23.8 Å². The van der Waals surface area contributed by atoms with Gasteiger partial charge >= 0.3 is 5.97 Å². The molecule has 1 amide bonds. The highest BCUT2D eigenvalue weighted by molar-refractivity contribution is 8.27. The number of esters is 1. The summed E-state index contributed by atoms with van der Waals surface area (Å²) < 4.78 is 16.2. The second kappa shape index (κ2) is 10.1. The van der Waals surface area contributed by atoms with Crippen molar-refractivity contribution in [3.8, 4) is 11.5 Å². The highest BCUT2D eigenvalue weighted by Gasteiger charge is 2.34. The van der Waals surface area contributed by atoms with Gasteiger partial charge in [0.1, 0.15) is 0 Å². The van der Waals surface area contributed by atoms with Gasteiger partial charge in [-0.15, -0.1) is 0 Å². The van der Waals surface area contributed by atoms with E-state index < -0.39 is 5.97 Å². The van der Waals surface area contributed by atoms with Crippen molar-refractivity contribution in [3.63, 3.8) is 0 Å². The average molecular weight is 480 g/mol. The molecule has 8 heteroatoms. The number of methoxy groups -OCH3 is 1. The number of hydrogen-bond donors (Lipinski definition) is 0. The maximum absolute atomic E-state index is 13.3. The molecular formula is C25H21NO5S2. The number of ether oxygens (including phenoxy) is 3. The van der Waals surface area contributed by atoms with Gasteiger partial charge in [-0.05, 0) is 42.1 Å². The Bertz CT molecular complexity index is 1270. The standard InChI is InChI=1S/C25H21NO5S2/c1-3-30-21-13-16(11-12-20(21)31-15-23(27)29-2)14-22-24(28)26(25(32)33-22)19-10-6-8-17-7-4-5-9-18(17)19/h4-14H,3,15H2,1-2H3/b22-14-. The van der Waals surface area contributed by atoms with Crippen LogP contribution in [0.5, 0.6) is 11.5 Å². The van der Waals surface area contributed by atoms with Gasteiger partial charge in [-0.2, -0.15) is 0 Å². The van der Waals surface area contributed by atoms with E-state index in [4.69, 9.17) is 21.7 Å². The van der Waals surface area contributed by atoms with Gasteiger partial charge in [0.05, 0.1) is 24.3 Å². The Morgan fingerprint density at radius 1 is 1.06 bits per heavy atom. The molecule has 0 radical (unpaired) electrons. The summed E-state index contributed by atoms with van der Waals surface area (Å²) in [6.45, 7) is 2.05. The van der Waals surface area contributed by atoms with Crippen molar-refractivity contribution in [2.24, 2.45) is 0 Å². The largest absolute Gasteiger partial charge is 0.490 e. The number of carbonyl (C=O) groups excluding carboxylic acids is 2. The average Bonchev–Trinajstić information content (AvgIpc) is 3.10. The first kappa shape index (κ1) is 22.8. The molecule has 6 nitrogen and oxygen atoms in total. The molecular weight excluding hydrogens is 458 g/mol. The molecule has 1 heterocycles. The van der Waals surface area contributed by atoms with Crippen LogP contribution < -0.4 is 14.4 Å². The zero-order chi connectivity index (χ0) is 23.4. The Hall–Kier alpha value is -3.36. The van der Waals surface area contributed by atoms with Gasteiger partial charge in [0.25, 0.3) is 5.91 Å². The van der Waals surface area contributed by atoms with E-state index in [2.05, 4.69) is 4.74 Å². The Balaban J connectivity index is 1.63. The lowest BCUT2D eigenvalue weighted by Gasteiger charge is -2.17. The number of anilines is 1. The van der Waals surface area contributed by atoms with Crippen LogP contribution in [-0.4, -0.2) is 36.5 Å². The zero-order valence-corrected chi connectivity index (χ0v) is 19.7. The molecule has 0 spiro atoms. The number of benzene rings is 3. The molecule has 0 unspecified atom stereocenters. The Morgan fingerprint density at radius 3 is 2.64 bits per heavy atom. The minimum absolute atomic E-state index is 0.176. The third-order valence-corrected chi connectivity index (χ3v) is 6.24. The second-order valence-corrected chi connectivity index (χ2v) is 8.70. The maximum Gasteiger partial charge on any atom is 0.343 e. The summed E-state index contributed by atoms with van der Waals surface area (Å²) in [5.74, 6) is 0.228. The predicted molar refractivity (Wildman–Crippen MR) is 135 cm³/mol. The summed E-state index contributed by atoms with van der Waals surface area (Å²) in [7, 11) is 1.30. The minimum Gasteiger partial charge on any atom is -0.490 e. The summed E-state index contributed by atoms with van der Waals surface area (Å²) in [6.07, 6.45) is 1.77. The first-order valence-electron chi connectivity index (χ1n) is 10.2. The highest BCUT2D eigenvalue weighted by atomic mass is 32.2. The molecule has 0 N–H and O–H groups in total. The Morgan fingerprint density at radius 2 is 1.85 bits per heavy atom. The van der Waals surface area contributed by atoms with E-state index in [0.29, 0.717) is 27.3 Å². The number of carbonyl (C=O) groups is 2. The molecule has 0 atom stereocenters. The lowest BCUT2D eigenvalue weighted by molar-refractivity contribution is -0.142. The molecule has 3 aromatic rings. The van der Waals surface area contributed by atoms with E-state index >= 15 is 0 Å². The molecule has 4 rings (SSSR count). The van der Waals surface area contributed by atoms with Crippen LogP contribution in [0.1, 0.15) is 12.5 Å². The normalized spacial score (nSPS) is 14.7. The van der Waals surface area contributed by atoms with Crippen molar-refractivity contribution in [1.29, 1.82) is 0 Å². The maximum atomic E-state index is 13.3. The molecule has 0 bridgehead atoms. The van der Waals surface area contributed by atoms with Crippen molar-refractivity contribution >= 4 is 62.7 Å². The number of hydrogen-bond acceptors (Lipinski definition) is 7. The fraction of sp³-hybridized carbons (Fsp3) is 0.160. The lowest BCUT2D eigenvalue weighted by atomic mass is 10.1. The van der Waals surface area contributed by atoms with E-state index in [-0.39, 0.29) is 12.5 Å². The van der Waals surface area contributed by atoms with E-state index in [0.717, 1.165) is 22.0 Å². The molecule has 1 saturated heterocycles. The number of thiocarbonyl (C=S) groups is 1. The number of rotatable bonds is 7. The molecule has 3 aromatic carbocycles. The predicted octanol–water partition coefficient (Wildman–Crippen LogP) is 5.20. The van der Waals surface area contributed by atoms with Gasteiger partial charge in [-0.1, -0.05) is 66.4 Å². The summed E-state index contributed by atoms with van der Waals surface area (Å²) in [5, 5.41) is 2.00. The number of nitrogens with zero attached hydrogens (tertiary/aromatic N) is 1. The van der Waals surface area contributed by atoms with Crippen molar-refractivity contribution in [3.05, 3.63) is 71.1 Å². The number of thioether (sulfide) groups is 1. The van der Waals surface area contributed by atoms with Gasteiger partial charge in [-0.3, -0.25) is 9.69 Å². The first-order chi connectivity index (χ1) is 16.0. The fourth-order valence-electron chi connectivity index (χ4n) is 3.43. The van der Waals surface area contributed by atoms with Crippen LogP contribution in [0.25, 0.3) is 16.8 Å². The van der Waals surface area contributed by atoms with Crippen molar-refractivity contribution in [1.82, 2.24) is 0 Å². The van der Waals surface area contributed by atoms with Crippen LogP contribution >= 0.6 is 24.0 Å². The Kier molecular flexibility index (Phi) is 6.96. The Labute approximate surface area is 201 Å². The number of amides is 1. The van der Waals surface area contributed by atoms with Crippen LogP contribution in [0, 0.1) is 0 Å². The van der Waals surface area contributed by atoms with E-state index in [9.17, 15) is 9.59 Å². The topological polar surface area (TPSA) is 65.1 Å². The van der Waals surface area contributed by atoms with Gasteiger partial charge in [0.2, 0.25) is 0 Å². The summed E-state index contributed by atoms with van der Waals surface area (Å²) in [5.41, 5.74) is 1.52. The number of fused-ring (bicyclic) bond motifs is 1. The molecule has 0 aliphatic carbocycles. The molecule has 168 valence electrons. The van der Waals surface area contributed by atoms with Gasteiger partial charge in [-0.25, -0.2) is 4.79 Å². The van der Waals surface area contributed by atoms with E-state index in [1.54, 1.807) is 29.2 Å². The molecule has 33 heavy (non-hydrogen) atoms. The van der Waals surface area contributed by atoms with Crippen LogP contribution in [0.15, 0.2) is 65.6 Å². The van der Waals surface area contributed by atoms with Crippen LogP contribution in [-0.2, 0) is 14.3 Å². The second-order valence-electron chi connectivity index (χ2n) is 7.02. The third kappa shape index (κ3) is 4.86. The first-order valence-corrected chi connectivity index (χ1v) is 11.5. The molecule has 1 fully saturated rings. The van der Waals surface area contributed by atoms with Crippen LogP contribution in [0.3, 0.4) is 0 Å². The SMILES string of the molecule is CCOc1cc(/C=C2\SC(=S)N(c3cccc4ccccc34)C2=O)ccc1OCC(=O)OC. The van der Waals surface area contributed by atoms with E-state index in [1.807, 2.05) is 49.4 Å². The van der Waals surface area contributed by atoms with Crippen LogP contribution in [0.2, 0.25) is 0 Å². The quantitative estimate of drug-likeness (QED) is 0.262. The third-order valence-electron chi connectivity index (χ3n) is 4.94. The van der Waals surface area contributed by atoms with Gasteiger partial charge in [0.15, 0.2) is 22.4 Å². The zero-order valence-electron chi connectivity index (χ0n) is 18.1. The summed E-state index contributed by atoms with van der Waals surface area (Å²) in [4.78, 5) is 26.8. The summed E-state index contributed by atoms with van der Waals surface area (Å²) in [6, 6.07) is 19.0. The van der Waals surface area contributed by atoms with Crippen LogP contribution in [0.4, 0.5) is 5.69 Å². The lowest BCUT2D eigenvalue weighted by Crippen LogP contribution is -2.27. The highest BCUT2D eigenvalue weighted by Crippen LogP contribution is 2.39. The van der Waals surface area contributed by atoms with E-state index in [1.165, 1.54) is 18.9 Å². The molecule has 1 aliphatic heterocycles. The van der Waals surface area contributed by atoms with Gasteiger partial charge in [0, 0.05) is 5.39 Å². The smallest absolute Gasteiger partial charge is 0.343 e. The molecule has 0 saturated carbocycles. The molecule has 1 aliphatic rings. The van der Waals surface area contributed by atoms with Crippen molar-refractivity contribution in [2.45, 2.75) is 6.92 Å².